The molecule has 0 fully saturated rings. The lowest BCUT2D eigenvalue weighted by atomic mass is 10.2. The molecule has 1 unspecified atom stereocenters. The van der Waals surface area contributed by atoms with Gasteiger partial charge in [-0.1, -0.05) is 18.2 Å². The Labute approximate surface area is 116 Å². The van der Waals surface area contributed by atoms with Gasteiger partial charge < -0.3 is 10.4 Å². The van der Waals surface area contributed by atoms with Gasteiger partial charge in [0.05, 0.1) is 0 Å². The molecule has 1 aromatic heterocycles. The summed E-state index contributed by atoms with van der Waals surface area (Å²) in [6.45, 7) is 1.97. The van der Waals surface area contributed by atoms with Crippen LogP contribution in [-0.4, -0.2) is 11.1 Å². The number of carbonyl (C=O) groups is 1. The van der Waals surface area contributed by atoms with Gasteiger partial charge in [-0.25, -0.2) is 4.79 Å². The zero-order chi connectivity index (χ0) is 12.3. The van der Waals surface area contributed by atoms with Crippen molar-refractivity contribution >= 4 is 35.4 Å². The molecule has 0 saturated heterocycles. The predicted octanol–water partition coefficient (Wildman–Crippen LogP) is 3.72. The van der Waals surface area contributed by atoms with Gasteiger partial charge in [0.1, 0.15) is 0 Å². The van der Waals surface area contributed by atoms with Gasteiger partial charge in [-0.15, -0.1) is 23.7 Å². The van der Waals surface area contributed by atoms with Crippen LogP contribution in [-0.2, 0) is 4.79 Å². The summed E-state index contributed by atoms with van der Waals surface area (Å²) in [5.41, 5.74) is 0.811. The second kappa shape index (κ2) is 6.42. The minimum absolute atomic E-state index is 0. The highest BCUT2D eigenvalue weighted by molar-refractivity contribution is 7.12. The van der Waals surface area contributed by atoms with E-state index in [0.717, 1.165) is 15.4 Å². The second-order valence-corrected chi connectivity index (χ2v) is 5.05. The van der Waals surface area contributed by atoms with Crippen molar-refractivity contribution in [3.8, 4) is 0 Å². The summed E-state index contributed by atoms with van der Waals surface area (Å²) in [5.74, 6) is -0.865. The molecule has 0 aliphatic heterocycles. The Kier molecular flexibility index (Phi) is 5.19. The number of carboxylic acids is 1. The molecule has 0 amide bonds. The van der Waals surface area contributed by atoms with E-state index in [2.05, 4.69) is 5.32 Å². The number of carboxylic acid groups (broad SMARTS) is 1. The van der Waals surface area contributed by atoms with E-state index < -0.39 is 12.0 Å². The molecule has 0 radical (unpaired) electrons. The largest absolute Gasteiger partial charge is 0.479 e. The van der Waals surface area contributed by atoms with Crippen LogP contribution in [0, 0.1) is 6.92 Å². The van der Waals surface area contributed by atoms with Gasteiger partial charge >= 0.3 is 5.97 Å². The summed E-state index contributed by atoms with van der Waals surface area (Å²) in [6.07, 6.45) is 0. The molecule has 0 aliphatic carbocycles. The van der Waals surface area contributed by atoms with E-state index in [0.29, 0.717) is 0 Å². The van der Waals surface area contributed by atoms with Crippen molar-refractivity contribution in [1.29, 1.82) is 0 Å². The van der Waals surface area contributed by atoms with Crippen LogP contribution in [0.15, 0.2) is 42.5 Å². The van der Waals surface area contributed by atoms with Crippen LogP contribution in [0.2, 0.25) is 0 Å². The third-order valence-electron chi connectivity index (χ3n) is 2.38. The van der Waals surface area contributed by atoms with Crippen molar-refractivity contribution in [3.63, 3.8) is 0 Å². The monoisotopic (exact) mass is 283 g/mol. The molecule has 1 aromatic carbocycles. The standard InChI is InChI=1S/C13H13NO2S.ClH/c1-9-7-8-11(17-9)12(13(15)16)14-10-5-3-2-4-6-10;/h2-8,12,14H,1H3,(H,15,16);1H. The first-order chi connectivity index (χ1) is 8.16. The number of benzene rings is 1. The lowest BCUT2D eigenvalue weighted by Crippen LogP contribution is -2.19. The fourth-order valence-corrected chi connectivity index (χ4v) is 2.49. The molecular weight excluding hydrogens is 270 g/mol. The average Bonchev–Trinajstić information content (AvgIpc) is 2.73. The van der Waals surface area contributed by atoms with Crippen molar-refractivity contribution in [2.45, 2.75) is 13.0 Å². The van der Waals surface area contributed by atoms with Crippen molar-refractivity contribution in [1.82, 2.24) is 0 Å². The number of anilines is 1. The molecule has 1 atom stereocenters. The SMILES string of the molecule is Cc1ccc(C(Nc2ccccc2)C(=O)O)s1.Cl. The number of para-hydroxylation sites is 1. The second-order valence-electron chi connectivity index (χ2n) is 3.73. The number of halogens is 1. The highest BCUT2D eigenvalue weighted by Crippen LogP contribution is 2.26. The van der Waals surface area contributed by atoms with Crippen LogP contribution in [0.3, 0.4) is 0 Å². The van der Waals surface area contributed by atoms with Gasteiger partial charge in [0.25, 0.3) is 0 Å². The zero-order valence-corrected chi connectivity index (χ0v) is 11.4. The first-order valence-electron chi connectivity index (χ1n) is 5.27. The highest BCUT2D eigenvalue weighted by Gasteiger charge is 2.20. The maximum atomic E-state index is 11.3. The maximum absolute atomic E-state index is 11.3. The first kappa shape index (κ1) is 14.5. The summed E-state index contributed by atoms with van der Waals surface area (Å²) in [7, 11) is 0. The molecule has 0 bridgehead atoms. The van der Waals surface area contributed by atoms with E-state index in [1.54, 1.807) is 0 Å². The Balaban J connectivity index is 0.00000162. The van der Waals surface area contributed by atoms with E-state index in [1.165, 1.54) is 11.3 Å². The summed E-state index contributed by atoms with van der Waals surface area (Å²) in [5, 5.41) is 12.3. The Morgan fingerprint density at radius 1 is 1.22 bits per heavy atom. The van der Waals surface area contributed by atoms with Crippen molar-refractivity contribution in [2.75, 3.05) is 5.32 Å². The van der Waals surface area contributed by atoms with E-state index in [-0.39, 0.29) is 12.4 Å². The summed E-state index contributed by atoms with van der Waals surface area (Å²) in [4.78, 5) is 13.2. The lowest BCUT2D eigenvalue weighted by molar-refractivity contribution is -0.138. The Hall–Kier alpha value is -1.52. The van der Waals surface area contributed by atoms with E-state index in [4.69, 9.17) is 0 Å². The molecule has 18 heavy (non-hydrogen) atoms. The van der Waals surface area contributed by atoms with Crippen LogP contribution in [0.5, 0.6) is 0 Å². The Bertz CT molecular complexity index is 513. The van der Waals surface area contributed by atoms with Gasteiger partial charge in [0.15, 0.2) is 6.04 Å². The minimum atomic E-state index is -0.865. The Morgan fingerprint density at radius 3 is 2.39 bits per heavy atom. The molecule has 2 N–H and O–H groups in total. The quantitative estimate of drug-likeness (QED) is 0.899. The summed E-state index contributed by atoms with van der Waals surface area (Å²) < 4.78 is 0. The van der Waals surface area contributed by atoms with Gasteiger partial charge in [0, 0.05) is 15.4 Å². The van der Waals surface area contributed by atoms with Crippen molar-refractivity contribution < 1.29 is 9.90 Å². The molecule has 3 nitrogen and oxygen atoms in total. The van der Waals surface area contributed by atoms with Gasteiger partial charge in [-0.2, -0.15) is 0 Å². The molecule has 2 rings (SSSR count). The first-order valence-corrected chi connectivity index (χ1v) is 6.09. The van der Waals surface area contributed by atoms with E-state index >= 15 is 0 Å². The topological polar surface area (TPSA) is 49.3 Å². The average molecular weight is 284 g/mol. The zero-order valence-electron chi connectivity index (χ0n) is 9.79. The third kappa shape index (κ3) is 3.48. The van der Waals surface area contributed by atoms with E-state index in [1.807, 2.05) is 49.4 Å². The smallest absolute Gasteiger partial charge is 0.331 e. The molecule has 96 valence electrons. The molecule has 0 aliphatic rings. The molecule has 0 spiro atoms. The predicted molar refractivity (Wildman–Crippen MR) is 76.7 cm³/mol. The van der Waals surface area contributed by atoms with Crippen LogP contribution >= 0.6 is 23.7 Å². The number of hydrogen-bond donors (Lipinski definition) is 2. The number of aliphatic carboxylic acids is 1. The third-order valence-corrected chi connectivity index (χ3v) is 3.44. The number of rotatable bonds is 4. The highest BCUT2D eigenvalue weighted by atomic mass is 35.5. The number of thiophene rings is 1. The fourth-order valence-electron chi connectivity index (χ4n) is 1.56. The van der Waals surface area contributed by atoms with Crippen LogP contribution < -0.4 is 5.32 Å². The maximum Gasteiger partial charge on any atom is 0.331 e. The van der Waals surface area contributed by atoms with Crippen LogP contribution in [0.25, 0.3) is 0 Å². The van der Waals surface area contributed by atoms with Gasteiger partial charge in [0.2, 0.25) is 0 Å². The molecular formula is C13H14ClNO2S. The molecule has 0 saturated carbocycles. The minimum Gasteiger partial charge on any atom is -0.479 e. The summed E-state index contributed by atoms with van der Waals surface area (Å²) in [6, 6.07) is 12.5. The molecule has 2 aromatic rings. The van der Waals surface area contributed by atoms with Crippen molar-refractivity contribution in [3.05, 3.63) is 52.2 Å². The van der Waals surface area contributed by atoms with Gasteiger partial charge in [-0.05, 0) is 31.2 Å². The molecule has 1 heterocycles. The number of aryl methyl sites for hydroxylation is 1. The van der Waals surface area contributed by atoms with Gasteiger partial charge in [-0.3, -0.25) is 0 Å². The van der Waals surface area contributed by atoms with Crippen LogP contribution in [0.4, 0.5) is 5.69 Å². The molecule has 5 heteroatoms. The number of hydrogen-bond acceptors (Lipinski definition) is 3. The van der Waals surface area contributed by atoms with Crippen molar-refractivity contribution in [2.24, 2.45) is 0 Å². The Morgan fingerprint density at radius 2 is 1.89 bits per heavy atom. The summed E-state index contributed by atoms with van der Waals surface area (Å²) >= 11 is 1.50. The normalized spacial score (nSPS) is 11.4. The van der Waals surface area contributed by atoms with E-state index in [9.17, 15) is 9.90 Å². The number of nitrogens with one attached hydrogen (secondary N) is 1. The fraction of sp³-hybridized carbons (Fsp3) is 0.154. The lowest BCUT2D eigenvalue weighted by Gasteiger charge is -2.14. The van der Waals surface area contributed by atoms with Crippen LogP contribution in [0.1, 0.15) is 15.8 Å².